The second kappa shape index (κ2) is 9.38. The Morgan fingerprint density at radius 2 is 1.59 bits per heavy atom. The zero-order chi connectivity index (χ0) is 25.3. The van der Waals surface area contributed by atoms with Crippen LogP contribution in [-0.4, -0.2) is 51.7 Å². The maximum Gasteiger partial charge on any atom is 0.417 e. The fourth-order valence-electron chi connectivity index (χ4n) is 3.24. The van der Waals surface area contributed by atoms with Crippen LogP contribution >= 0.6 is 0 Å². The minimum Gasteiger partial charge on any atom is -0.493 e. The molecule has 0 N–H and O–H groups in total. The van der Waals surface area contributed by atoms with Crippen LogP contribution in [0.3, 0.4) is 0 Å². The average Bonchev–Trinajstić information content (AvgIpc) is 3.07. The molecule has 0 unspecified atom stereocenters. The van der Waals surface area contributed by atoms with E-state index < -0.39 is 34.3 Å². The van der Waals surface area contributed by atoms with Gasteiger partial charge in [0.25, 0.3) is 5.91 Å². The highest BCUT2D eigenvalue weighted by Gasteiger charge is 2.41. The first-order valence-electron chi connectivity index (χ1n) is 10.4. The molecule has 0 aliphatic carbocycles. The van der Waals surface area contributed by atoms with Crippen molar-refractivity contribution in [2.45, 2.75) is 38.2 Å². The largest absolute Gasteiger partial charge is 0.493 e. The van der Waals surface area contributed by atoms with E-state index in [0.717, 1.165) is 10.5 Å². The summed E-state index contributed by atoms with van der Waals surface area (Å²) in [4.78, 5) is 26.7. The fraction of sp³-hybridized carbons (Fsp3) is 0.333. The summed E-state index contributed by atoms with van der Waals surface area (Å²) in [5, 5.41) is 0. The van der Waals surface area contributed by atoms with Gasteiger partial charge in [-0.3, -0.25) is 4.79 Å². The Morgan fingerprint density at radius 3 is 2.15 bits per heavy atom. The Kier molecular flexibility index (Phi) is 6.92. The quantitative estimate of drug-likeness (QED) is 0.562. The molecule has 182 valence electrons. The molecule has 0 saturated heterocycles. The molecule has 2 aromatic rings. The zero-order valence-electron chi connectivity index (χ0n) is 19.9. The highest BCUT2D eigenvalue weighted by molar-refractivity contribution is 7.86. The average molecular weight is 490 g/mol. The Morgan fingerprint density at radius 1 is 0.971 bits per heavy atom. The number of rotatable bonds is 6. The van der Waals surface area contributed by atoms with Crippen molar-refractivity contribution in [1.82, 2.24) is 4.90 Å². The smallest absolute Gasteiger partial charge is 0.417 e. The van der Waals surface area contributed by atoms with Crippen LogP contribution < -0.4 is 9.47 Å². The van der Waals surface area contributed by atoms with E-state index in [4.69, 9.17) is 18.4 Å². The lowest BCUT2D eigenvalue weighted by atomic mass is 10.0. The van der Waals surface area contributed by atoms with Gasteiger partial charge in [-0.05, 0) is 57.5 Å². The number of hydrogen-bond acceptors (Lipinski definition) is 8. The molecule has 0 fully saturated rings. The number of amides is 2. The summed E-state index contributed by atoms with van der Waals surface area (Å²) in [7, 11) is -1.39. The number of imide groups is 1. The van der Waals surface area contributed by atoms with Crippen molar-refractivity contribution in [2.24, 2.45) is 0 Å². The van der Waals surface area contributed by atoms with E-state index in [9.17, 15) is 18.0 Å². The number of hydrogen-bond donors (Lipinski definition) is 0. The van der Waals surface area contributed by atoms with Gasteiger partial charge in [-0.25, -0.2) is 9.69 Å². The summed E-state index contributed by atoms with van der Waals surface area (Å²) in [5.74, 6) is -0.230. The van der Waals surface area contributed by atoms with E-state index in [-0.39, 0.29) is 16.2 Å². The first-order chi connectivity index (χ1) is 15.9. The topological polar surface area (TPSA) is 108 Å². The van der Waals surface area contributed by atoms with Crippen LogP contribution in [0.2, 0.25) is 0 Å². The first kappa shape index (κ1) is 25.1. The van der Waals surface area contributed by atoms with Gasteiger partial charge in [0.1, 0.15) is 10.5 Å². The summed E-state index contributed by atoms with van der Waals surface area (Å²) in [6.07, 6.45) is -0.915. The van der Waals surface area contributed by atoms with Crippen molar-refractivity contribution in [3.63, 3.8) is 0 Å². The second-order valence-corrected chi connectivity index (χ2v) is 10.1. The molecule has 0 bridgehead atoms. The van der Waals surface area contributed by atoms with E-state index in [1.54, 1.807) is 45.0 Å². The second-order valence-electron chi connectivity index (χ2n) is 8.59. The van der Waals surface area contributed by atoms with Crippen LogP contribution in [0.25, 0.3) is 5.57 Å². The molecular formula is C24H27NO8S. The van der Waals surface area contributed by atoms with Gasteiger partial charge in [0.2, 0.25) is 0 Å². The molecule has 9 nitrogen and oxygen atoms in total. The minimum absolute atomic E-state index is 0.0829. The van der Waals surface area contributed by atoms with Crippen molar-refractivity contribution in [3.05, 3.63) is 59.4 Å². The molecular weight excluding hydrogens is 462 g/mol. The highest BCUT2D eigenvalue weighted by atomic mass is 32.2. The number of aryl methyl sites for hydroxylation is 1. The van der Waals surface area contributed by atoms with Gasteiger partial charge in [-0.1, -0.05) is 23.8 Å². The standard InChI is InChI=1S/C24H27NO8S/c1-15-7-10-17(11-8-15)34(28,29)33-20-14-25(23(27)32-24(2,3)4)22(26)21(20)16-9-12-18(30-5)19(13-16)31-6/h7-13H,14H2,1-6H3. The van der Waals surface area contributed by atoms with Gasteiger partial charge < -0.3 is 18.4 Å². The molecule has 2 amide bonds. The van der Waals surface area contributed by atoms with Gasteiger partial charge in [0, 0.05) is 0 Å². The first-order valence-corrected chi connectivity index (χ1v) is 11.8. The van der Waals surface area contributed by atoms with Crippen LogP contribution in [-0.2, 0) is 23.8 Å². The molecule has 1 aliphatic rings. The van der Waals surface area contributed by atoms with Crippen LogP contribution in [0.4, 0.5) is 4.79 Å². The van der Waals surface area contributed by atoms with Crippen LogP contribution in [0.1, 0.15) is 31.9 Å². The maximum absolute atomic E-state index is 13.3. The molecule has 0 atom stereocenters. The van der Waals surface area contributed by atoms with Gasteiger partial charge >= 0.3 is 16.2 Å². The summed E-state index contributed by atoms with van der Waals surface area (Å²) in [5.41, 5.74) is 0.208. The van der Waals surface area contributed by atoms with Crippen molar-refractivity contribution in [2.75, 3.05) is 20.8 Å². The lowest BCUT2D eigenvalue weighted by molar-refractivity contribution is -0.123. The van der Waals surface area contributed by atoms with Crippen molar-refractivity contribution < 1.29 is 36.4 Å². The maximum atomic E-state index is 13.3. The molecule has 0 aromatic heterocycles. The summed E-state index contributed by atoms with van der Waals surface area (Å²) < 4.78 is 47.2. The number of carbonyl (C=O) groups excluding carboxylic acids is 2. The lowest BCUT2D eigenvalue weighted by Crippen LogP contribution is -2.38. The third-order valence-corrected chi connectivity index (χ3v) is 6.12. The predicted octanol–water partition coefficient (Wildman–Crippen LogP) is 3.91. The highest BCUT2D eigenvalue weighted by Crippen LogP contribution is 2.36. The third kappa shape index (κ3) is 5.33. The van der Waals surface area contributed by atoms with Crippen LogP contribution in [0.15, 0.2) is 53.1 Å². The van der Waals surface area contributed by atoms with Crippen molar-refractivity contribution in [1.29, 1.82) is 0 Å². The Hall–Kier alpha value is -3.53. The van der Waals surface area contributed by atoms with Crippen LogP contribution in [0, 0.1) is 6.92 Å². The predicted molar refractivity (Wildman–Crippen MR) is 124 cm³/mol. The van der Waals surface area contributed by atoms with E-state index in [2.05, 4.69) is 0 Å². The van der Waals surface area contributed by atoms with Gasteiger partial charge in [-0.2, -0.15) is 8.42 Å². The number of ether oxygens (including phenoxy) is 3. The normalized spacial score (nSPS) is 14.3. The summed E-state index contributed by atoms with van der Waals surface area (Å²) >= 11 is 0. The minimum atomic E-state index is -4.28. The molecule has 0 spiro atoms. The molecule has 1 aliphatic heterocycles. The molecule has 1 heterocycles. The molecule has 10 heteroatoms. The Balaban J connectivity index is 2.08. The number of nitrogens with zero attached hydrogens (tertiary/aromatic N) is 1. The molecule has 3 rings (SSSR count). The van der Waals surface area contributed by atoms with E-state index >= 15 is 0 Å². The molecule has 0 saturated carbocycles. The van der Waals surface area contributed by atoms with Gasteiger partial charge in [0.05, 0.1) is 26.3 Å². The summed E-state index contributed by atoms with van der Waals surface area (Å²) in [6, 6.07) is 10.7. The van der Waals surface area contributed by atoms with E-state index in [0.29, 0.717) is 17.1 Å². The Bertz CT molecular complexity index is 1240. The van der Waals surface area contributed by atoms with Crippen LogP contribution in [0.5, 0.6) is 11.5 Å². The zero-order valence-corrected chi connectivity index (χ0v) is 20.7. The molecule has 34 heavy (non-hydrogen) atoms. The summed E-state index contributed by atoms with van der Waals surface area (Å²) in [6.45, 7) is 6.39. The number of carbonyl (C=O) groups is 2. The van der Waals surface area contributed by atoms with Gasteiger partial charge in [0.15, 0.2) is 17.3 Å². The van der Waals surface area contributed by atoms with Gasteiger partial charge in [-0.15, -0.1) is 0 Å². The van der Waals surface area contributed by atoms with E-state index in [1.807, 2.05) is 6.92 Å². The third-order valence-electron chi connectivity index (χ3n) is 4.85. The SMILES string of the molecule is COc1ccc(C2=C(OS(=O)(=O)c3ccc(C)cc3)CN(C(=O)OC(C)(C)C)C2=O)cc1OC. The Labute approximate surface area is 199 Å². The molecule has 0 radical (unpaired) electrons. The van der Waals surface area contributed by atoms with Crippen molar-refractivity contribution >= 4 is 27.7 Å². The fourth-order valence-corrected chi connectivity index (χ4v) is 4.21. The number of benzene rings is 2. The van der Waals surface area contributed by atoms with E-state index in [1.165, 1.54) is 32.4 Å². The molecule has 2 aromatic carbocycles. The van der Waals surface area contributed by atoms with Crippen molar-refractivity contribution in [3.8, 4) is 11.5 Å². The number of methoxy groups -OCH3 is 2. The monoisotopic (exact) mass is 489 g/mol. The lowest BCUT2D eigenvalue weighted by Gasteiger charge is -2.23.